The van der Waals surface area contributed by atoms with Crippen molar-refractivity contribution in [3.05, 3.63) is 23.8 Å². The number of hydrogen-bond acceptors (Lipinski definition) is 4. The van der Waals surface area contributed by atoms with Crippen molar-refractivity contribution in [2.24, 2.45) is 5.73 Å². The van der Waals surface area contributed by atoms with Gasteiger partial charge in [-0.25, -0.2) is 0 Å². The number of nitrogens with one attached hydrogen (secondary N) is 1. The van der Waals surface area contributed by atoms with Crippen LogP contribution in [-0.4, -0.2) is 25.7 Å². The number of ether oxygens (including phenoxy) is 2. The molecule has 3 N–H and O–H groups in total. The molecule has 1 rings (SSSR count). The number of amides is 1. The van der Waals surface area contributed by atoms with Gasteiger partial charge in [0.1, 0.15) is 11.5 Å². The Hall–Kier alpha value is -1.75. The standard InChI is InChI=1S/C16H26N2O3/c1-4-5-6-7-18-16(19)12(2)21-15-9-13(11-17)8-14(10-15)20-3/h8-10,12H,4-7,11,17H2,1-3H3,(H,18,19). The number of hydrogen-bond donors (Lipinski definition) is 2. The minimum absolute atomic E-state index is 0.108. The predicted molar refractivity (Wildman–Crippen MR) is 83.5 cm³/mol. The molecule has 0 saturated heterocycles. The van der Waals surface area contributed by atoms with E-state index in [1.165, 1.54) is 0 Å². The van der Waals surface area contributed by atoms with Crippen LogP contribution in [0.1, 0.15) is 38.7 Å². The Morgan fingerprint density at radius 2 is 2.00 bits per heavy atom. The summed E-state index contributed by atoms with van der Waals surface area (Å²) >= 11 is 0. The van der Waals surface area contributed by atoms with Gasteiger partial charge in [0.2, 0.25) is 0 Å². The molecule has 0 fully saturated rings. The molecule has 0 aliphatic carbocycles. The lowest BCUT2D eigenvalue weighted by atomic mass is 10.2. The molecule has 1 aromatic carbocycles. The summed E-state index contributed by atoms with van der Waals surface area (Å²) in [6, 6.07) is 5.42. The molecule has 0 saturated carbocycles. The molecule has 0 aliphatic rings. The summed E-state index contributed by atoms with van der Waals surface area (Å²) in [7, 11) is 1.59. The molecule has 5 heteroatoms. The highest BCUT2D eigenvalue weighted by Gasteiger charge is 2.14. The fourth-order valence-corrected chi connectivity index (χ4v) is 1.92. The van der Waals surface area contributed by atoms with Crippen LogP contribution in [0, 0.1) is 0 Å². The van der Waals surface area contributed by atoms with Gasteiger partial charge in [-0.3, -0.25) is 4.79 Å². The van der Waals surface area contributed by atoms with Gasteiger partial charge in [-0.2, -0.15) is 0 Å². The molecule has 0 aliphatic heterocycles. The van der Waals surface area contributed by atoms with Gasteiger partial charge in [0, 0.05) is 19.2 Å². The van der Waals surface area contributed by atoms with Crippen molar-refractivity contribution < 1.29 is 14.3 Å². The summed E-state index contributed by atoms with van der Waals surface area (Å²) in [5.41, 5.74) is 6.54. The predicted octanol–water partition coefficient (Wildman–Crippen LogP) is 2.23. The second kappa shape index (κ2) is 9.23. The van der Waals surface area contributed by atoms with Crippen LogP contribution < -0.4 is 20.5 Å². The van der Waals surface area contributed by atoms with Gasteiger partial charge in [0.25, 0.3) is 5.91 Å². The molecule has 1 aromatic rings. The third-order valence-corrected chi connectivity index (χ3v) is 3.17. The zero-order chi connectivity index (χ0) is 15.7. The van der Waals surface area contributed by atoms with Crippen LogP contribution in [0.15, 0.2) is 18.2 Å². The summed E-state index contributed by atoms with van der Waals surface area (Å²) in [6.45, 7) is 4.94. The normalized spacial score (nSPS) is 11.8. The Morgan fingerprint density at radius 3 is 2.62 bits per heavy atom. The first kappa shape index (κ1) is 17.3. The Balaban J connectivity index is 2.56. The van der Waals surface area contributed by atoms with Gasteiger partial charge in [-0.1, -0.05) is 19.8 Å². The number of rotatable bonds is 9. The van der Waals surface area contributed by atoms with Gasteiger partial charge in [-0.05, 0) is 31.0 Å². The molecule has 118 valence electrons. The maximum absolute atomic E-state index is 11.9. The van der Waals surface area contributed by atoms with Crippen molar-refractivity contribution in [1.29, 1.82) is 0 Å². The third kappa shape index (κ3) is 6.04. The van der Waals surface area contributed by atoms with E-state index < -0.39 is 6.10 Å². The number of benzene rings is 1. The Kier molecular flexibility index (Phi) is 7.61. The summed E-state index contributed by atoms with van der Waals surface area (Å²) in [5.74, 6) is 1.15. The van der Waals surface area contributed by atoms with Gasteiger partial charge < -0.3 is 20.5 Å². The van der Waals surface area contributed by atoms with E-state index in [-0.39, 0.29) is 5.91 Å². The SMILES string of the molecule is CCCCCNC(=O)C(C)Oc1cc(CN)cc(OC)c1. The number of unbranched alkanes of at least 4 members (excludes halogenated alkanes) is 2. The summed E-state index contributed by atoms with van der Waals surface area (Å²) < 4.78 is 10.9. The second-order valence-electron chi connectivity index (χ2n) is 4.98. The number of carbonyl (C=O) groups is 1. The van der Waals surface area contributed by atoms with Gasteiger partial charge in [-0.15, -0.1) is 0 Å². The summed E-state index contributed by atoms with van der Waals surface area (Å²) in [6.07, 6.45) is 2.69. The van der Waals surface area contributed by atoms with Crippen molar-refractivity contribution in [2.45, 2.75) is 45.8 Å². The minimum atomic E-state index is -0.552. The topological polar surface area (TPSA) is 73.6 Å². The average molecular weight is 294 g/mol. The van der Waals surface area contributed by atoms with E-state index in [1.807, 2.05) is 12.1 Å². The molecule has 0 bridgehead atoms. The van der Waals surface area contributed by atoms with Crippen LogP contribution >= 0.6 is 0 Å². The number of carbonyl (C=O) groups excluding carboxylic acids is 1. The van der Waals surface area contributed by atoms with Crippen LogP contribution in [-0.2, 0) is 11.3 Å². The minimum Gasteiger partial charge on any atom is -0.497 e. The van der Waals surface area contributed by atoms with Crippen LogP contribution in [0.2, 0.25) is 0 Å². The molecule has 1 amide bonds. The molecular weight excluding hydrogens is 268 g/mol. The van der Waals surface area contributed by atoms with Crippen molar-refractivity contribution >= 4 is 5.91 Å². The average Bonchev–Trinajstić information content (AvgIpc) is 2.50. The smallest absolute Gasteiger partial charge is 0.260 e. The fraction of sp³-hybridized carbons (Fsp3) is 0.562. The van der Waals surface area contributed by atoms with Gasteiger partial charge in [0.05, 0.1) is 7.11 Å². The van der Waals surface area contributed by atoms with Crippen LogP contribution in [0.25, 0.3) is 0 Å². The van der Waals surface area contributed by atoms with E-state index >= 15 is 0 Å². The first-order valence-electron chi connectivity index (χ1n) is 7.43. The number of methoxy groups -OCH3 is 1. The van der Waals surface area contributed by atoms with E-state index in [0.29, 0.717) is 24.6 Å². The first-order chi connectivity index (χ1) is 10.1. The van der Waals surface area contributed by atoms with Crippen molar-refractivity contribution in [1.82, 2.24) is 5.32 Å². The lowest BCUT2D eigenvalue weighted by Crippen LogP contribution is -2.36. The maximum Gasteiger partial charge on any atom is 0.260 e. The summed E-state index contributed by atoms with van der Waals surface area (Å²) in [4.78, 5) is 11.9. The molecule has 0 spiro atoms. The maximum atomic E-state index is 11.9. The van der Waals surface area contributed by atoms with Crippen LogP contribution in [0.3, 0.4) is 0 Å². The van der Waals surface area contributed by atoms with Gasteiger partial charge >= 0.3 is 0 Å². The van der Waals surface area contributed by atoms with E-state index in [2.05, 4.69) is 12.2 Å². The Labute approximate surface area is 126 Å². The monoisotopic (exact) mass is 294 g/mol. The van der Waals surface area contributed by atoms with Crippen LogP contribution in [0.5, 0.6) is 11.5 Å². The molecule has 0 aromatic heterocycles. The number of nitrogens with two attached hydrogens (primary N) is 1. The lowest BCUT2D eigenvalue weighted by molar-refractivity contribution is -0.127. The highest BCUT2D eigenvalue weighted by molar-refractivity contribution is 5.80. The highest BCUT2D eigenvalue weighted by atomic mass is 16.5. The first-order valence-corrected chi connectivity index (χ1v) is 7.43. The second-order valence-corrected chi connectivity index (χ2v) is 4.98. The Bertz CT molecular complexity index is 427. The van der Waals surface area contributed by atoms with Crippen LogP contribution in [0.4, 0.5) is 0 Å². The Morgan fingerprint density at radius 1 is 1.29 bits per heavy atom. The zero-order valence-electron chi connectivity index (χ0n) is 13.1. The zero-order valence-corrected chi connectivity index (χ0v) is 13.1. The largest absolute Gasteiger partial charge is 0.497 e. The van der Waals surface area contributed by atoms with E-state index in [4.69, 9.17) is 15.2 Å². The van der Waals surface area contributed by atoms with E-state index in [0.717, 1.165) is 24.8 Å². The van der Waals surface area contributed by atoms with Crippen molar-refractivity contribution in [3.63, 3.8) is 0 Å². The fourth-order valence-electron chi connectivity index (χ4n) is 1.92. The molecule has 21 heavy (non-hydrogen) atoms. The molecule has 1 atom stereocenters. The highest BCUT2D eigenvalue weighted by Crippen LogP contribution is 2.23. The van der Waals surface area contributed by atoms with E-state index in [1.54, 1.807) is 20.1 Å². The summed E-state index contributed by atoms with van der Waals surface area (Å²) in [5, 5.41) is 2.87. The molecular formula is C16H26N2O3. The van der Waals surface area contributed by atoms with E-state index in [9.17, 15) is 4.79 Å². The van der Waals surface area contributed by atoms with Crippen molar-refractivity contribution in [3.8, 4) is 11.5 Å². The molecule has 5 nitrogen and oxygen atoms in total. The lowest BCUT2D eigenvalue weighted by Gasteiger charge is -2.16. The molecule has 0 heterocycles. The molecule has 1 unspecified atom stereocenters. The quantitative estimate of drug-likeness (QED) is 0.685. The van der Waals surface area contributed by atoms with Crippen molar-refractivity contribution in [2.75, 3.05) is 13.7 Å². The third-order valence-electron chi connectivity index (χ3n) is 3.17. The molecule has 0 radical (unpaired) electrons. The van der Waals surface area contributed by atoms with Gasteiger partial charge in [0.15, 0.2) is 6.10 Å².